The lowest BCUT2D eigenvalue weighted by Crippen LogP contribution is -2.25. The van der Waals surface area contributed by atoms with Crippen LogP contribution in [0.25, 0.3) is 0 Å². The molecule has 6 heteroatoms. The van der Waals surface area contributed by atoms with E-state index >= 15 is 0 Å². The summed E-state index contributed by atoms with van der Waals surface area (Å²) in [5.41, 5.74) is 1.26. The van der Waals surface area contributed by atoms with E-state index in [-0.39, 0.29) is 11.8 Å². The molecule has 0 fully saturated rings. The maximum Gasteiger partial charge on any atom is 0.251 e. The van der Waals surface area contributed by atoms with Crippen LogP contribution in [-0.2, 0) is 4.79 Å². The van der Waals surface area contributed by atoms with Crippen molar-refractivity contribution in [1.82, 2.24) is 5.32 Å². The lowest BCUT2D eigenvalue weighted by Gasteiger charge is -2.09. The Balaban J connectivity index is 1.68. The first-order valence-corrected chi connectivity index (χ1v) is 8.92. The van der Waals surface area contributed by atoms with Crippen LogP contribution in [0, 0.1) is 11.3 Å². The highest BCUT2D eigenvalue weighted by Crippen LogP contribution is 2.18. The van der Waals surface area contributed by atoms with Crippen molar-refractivity contribution in [2.24, 2.45) is 0 Å². The zero-order valence-corrected chi connectivity index (χ0v) is 15.1. The van der Waals surface area contributed by atoms with Crippen molar-refractivity contribution in [3.8, 4) is 11.8 Å². The summed E-state index contributed by atoms with van der Waals surface area (Å²) in [7, 11) is 0. The Morgan fingerprint density at radius 2 is 1.85 bits per heavy atom. The zero-order valence-electron chi connectivity index (χ0n) is 15.1. The molecule has 0 saturated carbocycles. The second kappa shape index (κ2) is 11.3. The minimum atomic E-state index is -0.141. The number of anilines is 1. The second-order valence-electron chi connectivity index (χ2n) is 5.91. The number of amides is 2. The predicted octanol–water partition coefficient (Wildman–Crippen LogP) is 3.52. The molecule has 0 atom stereocenters. The SMILES string of the molecule is N#CCCCOc1cccc(NC(=O)CCCNC(=O)c2ccccc2)c1. The van der Waals surface area contributed by atoms with E-state index < -0.39 is 0 Å². The van der Waals surface area contributed by atoms with Crippen LogP contribution in [0.3, 0.4) is 0 Å². The van der Waals surface area contributed by atoms with Gasteiger partial charge in [0.15, 0.2) is 0 Å². The van der Waals surface area contributed by atoms with Gasteiger partial charge in [-0.15, -0.1) is 0 Å². The van der Waals surface area contributed by atoms with Gasteiger partial charge in [-0.05, 0) is 37.1 Å². The van der Waals surface area contributed by atoms with E-state index in [0.717, 1.165) is 0 Å². The fraction of sp³-hybridized carbons (Fsp3) is 0.286. The van der Waals surface area contributed by atoms with E-state index in [0.29, 0.717) is 55.8 Å². The molecule has 0 aliphatic rings. The molecule has 2 amide bonds. The summed E-state index contributed by atoms with van der Waals surface area (Å²) in [5, 5.41) is 14.1. The van der Waals surface area contributed by atoms with Gasteiger partial charge in [-0.25, -0.2) is 0 Å². The highest BCUT2D eigenvalue weighted by molar-refractivity contribution is 5.94. The molecule has 140 valence electrons. The fourth-order valence-corrected chi connectivity index (χ4v) is 2.37. The number of rotatable bonds is 10. The van der Waals surface area contributed by atoms with Crippen LogP contribution in [0.5, 0.6) is 5.75 Å². The lowest BCUT2D eigenvalue weighted by atomic mass is 10.2. The third-order valence-corrected chi connectivity index (χ3v) is 3.72. The highest BCUT2D eigenvalue weighted by Gasteiger charge is 2.06. The summed E-state index contributed by atoms with van der Waals surface area (Å²) in [4.78, 5) is 23.9. The largest absolute Gasteiger partial charge is 0.493 e. The summed E-state index contributed by atoms with van der Waals surface area (Å²) in [6, 6.07) is 18.2. The minimum absolute atomic E-state index is 0.120. The van der Waals surface area contributed by atoms with Gasteiger partial charge in [0, 0.05) is 36.7 Å². The van der Waals surface area contributed by atoms with Gasteiger partial charge < -0.3 is 15.4 Å². The summed E-state index contributed by atoms with van der Waals surface area (Å²) >= 11 is 0. The number of unbranched alkanes of at least 4 members (excludes halogenated alkanes) is 1. The van der Waals surface area contributed by atoms with Gasteiger partial charge in [0.05, 0.1) is 12.7 Å². The molecule has 0 bridgehead atoms. The molecule has 0 radical (unpaired) electrons. The number of nitriles is 1. The predicted molar refractivity (Wildman–Crippen MR) is 103 cm³/mol. The van der Waals surface area contributed by atoms with Gasteiger partial charge in [0.1, 0.15) is 5.75 Å². The van der Waals surface area contributed by atoms with E-state index in [1.807, 2.05) is 18.2 Å². The van der Waals surface area contributed by atoms with Gasteiger partial charge in [0.25, 0.3) is 5.91 Å². The number of carbonyl (C=O) groups excluding carboxylic acids is 2. The van der Waals surface area contributed by atoms with E-state index in [1.165, 1.54) is 0 Å². The smallest absolute Gasteiger partial charge is 0.251 e. The molecule has 0 unspecified atom stereocenters. The number of nitrogens with zero attached hydrogens (tertiary/aromatic N) is 1. The molecule has 0 saturated heterocycles. The Kier molecular flexibility index (Phi) is 8.38. The van der Waals surface area contributed by atoms with Crippen molar-refractivity contribution < 1.29 is 14.3 Å². The van der Waals surface area contributed by atoms with Crippen LogP contribution in [0.1, 0.15) is 36.0 Å². The molecule has 0 aliphatic carbocycles. The summed E-state index contributed by atoms with van der Waals surface area (Å²) in [5.74, 6) is 0.392. The van der Waals surface area contributed by atoms with Crippen molar-refractivity contribution in [2.75, 3.05) is 18.5 Å². The number of nitrogens with one attached hydrogen (secondary N) is 2. The number of carbonyl (C=O) groups is 2. The van der Waals surface area contributed by atoms with Crippen molar-refractivity contribution in [3.05, 3.63) is 60.2 Å². The number of hydrogen-bond donors (Lipinski definition) is 2. The summed E-state index contributed by atoms with van der Waals surface area (Å²) in [6.07, 6.45) is 1.98. The molecule has 0 heterocycles. The summed E-state index contributed by atoms with van der Waals surface area (Å²) in [6.45, 7) is 0.898. The Bertz CT molecular complexity index is 785. The standard InChI is InChI=1S/C21H23N3O3/c22-13-4-5-15-27-19-11-6-10-18(16-19)24-20(25)12-7-14-23-21(26)17-8-2-1-3-9-17/h1-3,6,8-11,16H,4-5,7,12,14-15H2,(H,23,26)(H,24,25). The highest BCUT2D eigenvalue weighted by atomic mass is 16.5. The molecule has 2 aromatic carbocycles. The van der Waals surface area contributed by atoms with Crippen LogP contribution in [0.15, 0.2) is 54.6 Å². The van der Waals surface area contributed by atoms with E-state index in [9.17, 15) is 9.59 Å². The molecular formula is C21H23N3O3. The summed E-state index contributed by atoms with van der Waals surface area (Å²) < 4.78 is 5.55. The maximum atomic E-state index is 12.0. The van der Waals surface area contributed by atoms with E-state index in [4.69, 9.17) is 10.00 Å². The van der Waals surface area contributed by atoms with E-state index in [1.54, 1.807) is 36.4 Å². The molecule has 2 aromatic rings. The van der Waals surface area contributed by atoms with Crippen molar-refractivity contribution in [2.45, 2.75) is 25.7 Å². The fourth-order valence-electron chi connectivity index (χ4n) is 2.37. The molecule has 0 spiro atoms. The lowest BCUT2D eigenvalue weighted by molar-refractivity contribution is -0.116. The molecule has 6 nitrogen and oxygen atoms in total. The van der Waals surface area contributed by atoms with Crippen LogP contribution < -0.4 is 15.4 Å². The molecule has 27 heavy (non-hydrogen) atoms. The average Bonchev–Trinajstić information content (AvgIpc) is 2.69. The zero-order chi connectivity index (χ0) is 19.3. The second-order valence-corrected chi connectivity index (χ2v) is 5.91. The van der Waals surface area contributed by atoms with Crippen LogP contribution >= 0.6 is 0 Å². The van der Waals surface area contributed by atoms with Crippen molar-refractivity contribution in [3.63, 3.8) is 0 Å². The van der Waals surface area contributed by atoms with Crippen LogP contribution in [0.4, 0.5) is 5.69 Å². The Labute approximate surface area is 159 Å². The maximum absolute atomic E-state index is 12.0. The average molecular weight is 365 g/mol. The number of benzene rings is 2. The van der Waals surface area contributed by atoms with Gasteiger partial charge in [-0.3, -0.25) is 9.59 Å². The van der Waals surface area contributed by atoms with E-state index in [2.05, 4.69) is 16.7 Å². The molecule has 0 aromatic heterocycles. The van der Waals surface area contributed by atoms with Crippen molar-refractivity contribution >= 4 is 17.5 Å². The molecule has 2 rings (SSSR count). The van der Waals surface area contributed by atoms with Crippen LogP contribution in [-0.4, -0.2) is 25.0 Å². The Morgan fingerprint density at radius 1 is 1.04 bits per heavy atom. The molecule has 2 N–H and O–H groups in total. The number of hydrogen-bond acceptors (Lipinski definition) is 4. The number of ether oxygens (including phenoxy) is 1. The van der Waals surface area contributed by atoms with Crippen LogP contribution in [0.2, 0.25) is 0 Å². The quantitative estimate of drug-likeness (QED) is 0.630. The Morgan fingerprint density at radius 3 is 2.63 bits per heavy atom. The van der Waals surface area contributed by atoms with Crippen molar-refractivity contribution in [1.29, 1.82) is 5.26 Å². The van der Waals surface area contributed by atoms with Gasteiger partial charge in [0.2, 0.25) is 5.91 Å². The van der Waals surface area contributed by atoms with Gasteiger partial charge in [-0.2, -0.15) is 5.26 Å². The third kappa shape index (κ3) is 7.61. The topological polar surface area (TPSA) is 91.2 Å². The third-order valence-electron chi connectivity index (χ3n) is 3.72. The Hall–Kier alpha value is -3.33. The normalized spacial score (nSPS) is 9.89. The molecular weight excluding hydrogens is 342 g/mol. The molecule has 0 aliphatic heterocycles. The minimum Gasteiger partial charge on any atom is -0.493 e. The first-order valence-electron chi connectivity index (χ1n) is 8.92. The van der Waals surface area contributed by atoms with Gasteiger partial charge in [-0.1, -0.05) is 24.3 Å². The monoisotopic (exact) mass is 365 g/mol. The van der Waals surface area contributed by atoms with Gasteiger partial charge >= 0.3 is 0 Å². The first-order chi connectivity index (χ1) is 13.2. The first kappa shape index (κ1) is 20.0.